The minimum absolute atomic E-state index is 0.0800. The van der Waals surface area contributed by atoms with E-state index in [-0.39, 0.29) is 29.1 Å². The number of H-pyrrole nitrogens is 1. The van der Waals surface area contributed by atoms with Crippen molar-refractivity contribution < 1.29 is 22.6 Å². The second-order valence-electron chi connectivity index (χ2n) is 5.65. The van der Waals surface area contributed by atoms with E-state index in [4.69, 9.17) is 9.47 Å². The average Bonchev–Trinajstić information content (AvgIpc) is 3.00. The van der Waals surface area contributed by atoms with Gasteiger partial charge in [-0.25, -0.2) is 4.98 Å². The fourth-order valence-electron chi connectivity index (χ4n) is 2.69. The van der Waals surface area contributed by atoms with Gasteiger partial charge in [-0.1, -0.05) is 6.07 Å². The lowest BCUT2D eigenvalue weighted by atomic mass is 10.1. The van der Waals surface area contributed by atoms with Crippen LogP contribution in [0.3, 0.4) is 0 Å². The van der Waals surface area contributed by atoms with Gasteiger partial charge < -0.3 is 14.8 Å². The number of fused-ring (bicyclic) bond motifs is 1. The SMILES string of the molecule is COc1ccc(CNc2n[nH]c3nc(C)cc(C(F)(F)F)c23)cc1OC. The average molecular weight is 366 g/mol. The monoisotopic (exact) mass is 366 g/mol. The van der Waals surface area contributed by atoms with E-state index in [1.54, 1.807) is 18.2 Å². The highest BCUT2D eigenvalue weighted by molar-refractivity contribution is 5.91. The van der Waals surface area contributed by atoms with Gasteiger partial charge in [0, 0.05) is 12.2 Å². The van der Waals surface area contributed by atoms with Crippen molar-refractivity contribution in [2.24, 2.45) is 0 Å². The largest absolute Gasteiger partial charge is 0.493 e. The van der Waals surface area contributed by atoms with E-state index in [1.807, 2.05) is 0 Å². The number of aryl methyl sites for hydroxylation is 1. The highest BCUT2D eigenvalue weighted by Crippen LogP contribution is 2.37. The Morgan fingerprint density at radius 3 is 2.50 bits per heavy atom. The van der Waals surface area contributed by atoms with Crippen LogP contribution in [0.15, 0.2) is 24.3 Å². The quantitative estimate of drug-likeness (QED) is 0.716. The molecule has 0 aliphatic carbocycles. The summed E-state index contributed by atoms with van der Waals surface area (Å²) in [4.78, 5) is 4.08. The van der Waals surface area contributed by atoms with Gasteiger partial charge in [0.2, 0.25) is 0 Å². The van der Waals surface area contributed by atoms with Crippen molar-refractivity contribution in [1.82, 2.24) is 15.2 Å². The first-order valence-corrected chi connectivity index (χ1v) is 7.71. The van der Waals surface area contributed by atoms with Crippen LogP contribution in [0.2, 0.25) is 0 Å². The first-order chi connectivity index (χ1) is 12.3. The number of anilines is 1. The molecule has 9 heteroatoms. The molecule has 0 atom stereocenters. The number of pyridine rings is 1. The van der Waals surface area contributed by atoms with E-state index < -0.39 is 11.7 Å². The molecule has 2 heterocycles. The first-order valence-electron chi connectivity index (χ1n) is 7.71. The topological polar surface area (TPSA) is 72.1 Å². The summed E-state index contributed by atoms with van der Waals surface area (Å²) in [7, 11) is 3.04. The zero-order valence-electron chi connectivity index (χ0n) is 14.4. The maximum absolute atomic E-state index is 13.4. The van der Waals surface area contributed by atoms with E-state index in [1.165, 1.54) is 21.1 Å². The van der Waals surface area contributed by atoms with Crippen molar-refractivity contribution in [1.29, 1.82) is 0 Å². The van der Waals surface area contributed by atoms with Crippen LogP contribution >= 0.6 is 0 Å². The predicted molar refractivity (Wildman–Crippen MR) is 90.5 cm³/mol. The van der Waals surface area contributed by atoms with Gasteiger partial charge in [-0.2, -0.15) is 18.3 Å². The molecule has 26 heavy (non-hydrogen) atoms. The molecule has 0 unspecified atom stereocenters. The molecular formula is C17H17F3N4O2. The highest BCUT2D eigenvalue weighted by Gasteiger charge is 2.35. The van der Waals surface area contributed by atoms with Gasteiger partial charge in [0.25, 0.3) is 0 Å². The number of ether oxygens (including phenoxy) is 2. The van der Waals surface area contributed by atoms with E-state index >= 15 is 0 Å². The Labute approximate surface area is 147 Å². The fourth-order valence-corrected chi connectivity index (χ4v) is 2.69. The van der Waals surface area contributed by atoms with E-state index in [2.05, 4.69) is 20.5 Å². The lowest BCUT2D eigenvalue weighted by Gasteiger charge is -2.12. The van der Waals surface area contributed by atoms with Crippen molar-refractivity contribution in [3.05, 3.63) is 41.1 Å². The van der Waals surface area contributed by atoms with Crippen molar-refractivity contribution in [2.45, 2.75) is 19.6 Å². The second-order valence-corrected chi connectivity index (χ2v) is 5.65. The van der Waals surface area contributed by atoms with Crippen LogP contribution in [-0.2, 0) is 12.7 Å². The maximum atomic E-state index is 13.4. The Morgan fingerprint density at radius 2 is 1.85 bits per heavy atom. The number of halogens is 3. The van der Waals surface area contributed by atoms with Crippen LogP contribution < -0.4 is 14.8 Å². The van der Waals surface area contributed by atoms with Crippen LogP contribution in [0.5, 0.6) is 11.5 Å². The first kappa shape index (κ1) is 17.8. The number of benzene rings is 1. The third-order valence-electron chi connectivity index (χ3n) is 3.87. The Kier molecular flexibility index (Phi) is 4.62. The zero-order valence-corrected chi connectivity index (χ0v) is 14.4. The van der Waals surface area contributed by atoms with Gasteiger partial charge in [0.1, 0.15) is 0 Å². The van der Waals surface area contributed by atoms with Crippen LogP contribution in [0.25, 0.3) is 11.0 Å². The molecule has 3 aromatic rings. The molecule has 3 rings (SSSR count). The smallest absolute Gasteiger partial charge is 0.417 e. The predicted octanol–water partition coefficient (Wildman–Crippen LogP) is 3.91. The van der Waals surface area contributed by atoms with E-state index in [0.717, 1.165) is 11.6 Å². The van der Waals surface area contributed by atoms with Gasteiger partial charge in [0.05, 0.1) is 25.2 Å². The van der Waals surface area contributed by atoms with Crippen molar-refractivity contribution in [3.8, 4) is 11.5 Å². The molecule has 6 nitrogen and oxygen atoms in total. The molecule has 0 aliphatic heterocycles. The summed E-state index contributed by atoms with van der Waals surface area (Å²) in [5, 5.41) is 9.34. The second kappa shape index (κ2) is 6.74. The Balaban J connectivity index is 1.93. The van der Waals surface area contributed by atoms with Crippen LogP contribution in [0, 0.1) is 6.92 Å². The number of methoxy groups -OCH3 is 2. The number of rotatable bonds is 5. The molecule has 1 aromatic carbocycles. The van der Waals surface area contributed by atoms with Gasteiger partial charge >= 0.3 is 6.18 Å². The summed E-state index contributed by atoms with van der Waals surface area (Å²) in [6.45, 7) is 1.76. The van der Waals surface area contributed by atoms with Gasteiger partial charge in [-0.15, -0.1) is 0 Å². The van der Waals surface area contributed by atoms with Gasteiger partial charge in [-0.3, -0.25) is 5.10 Å². The number of hydrogen-bond donors (Lipinski definition) is 2. The van der Waals surface area contributed by atoms with E-state index in [0.29, 0.717) is 11.5 Å². The van der Waals surface area contributed by atoms with Crippen LogP contribution in [0.1, 0.15) is 16.8 Å². The minimum atomic E-state index is -4.50. The Hall–Kier alpha value is -2.97. The Morgan fingerprint density at radius 1 is 1.12 bits per heavy atom. The number of aromatic amines is 1. The molecule has 0 fully saturated rings. The summed E-state index contributed by atoms with van der Waals surface area (Å²) < 4.78 is 50.5. The highest BCUT2D eigenvalue weighted by atomic mass is 19.4. The van der Waals surface area contributed by atoms with Gasteiger partial charge in [0.15, 0.2) is 23.0 Å². The zero-order chi connectivity index (χ0) is 18.9. The summed E-state index contributed by atoms with van der Waals surface area (Å²) in [6, 6.07) is 6.27. The summed E-state index contributed by atoms with van der Waals surface area (Å²) in [5.74, 6) is 1.20. The molecule has 0 spiro atoms. The number of nitrogens with zero attached hydrogens (tertiary/aromatic N) is 2. The number of nitrogens with one attached hydrogen (secondary N) is 2. The van der Waals surface area contributed by atoms with Crippen LogP contribution in [0.4, 0.5) is 19.0 Å². The molecule has 0 bridgehead atoms. The summed E-state index contributed by atoms with van der Waals surface area (Å²) in [5.41, 5.74) is 0.378. The Bertz CT molecular complexity index is 938. The maximum Gasteiger partial charge on any atom is 0.417 e. The molecule has 0 radical (unpaired) electrons. The standard InChI is InChI=1S/C17H17F3N4O2/c1-9-6-11(17(18,19)20)14-15(23-24-16(14)22-9)21-8-10-4-5-12(25-2)13(7-10)26-3/h4-7H,8H2,1-3H3,(H2,21,22,23,24). The minimum Gasteiger partial charge on any atom is -0.493 e. The fraction of sp³-hybridized carbons (Fsp3) is 0.294. The lowest BCUT2D eigenvalue weighted by molar-refractivity contribution is -0.136. The van der Waals surface area contributed by atoms with Crippen molar-refractivity contribution in [2.75, 3.05) is 19.5 Å². The van der Waals surface area contributed by atoms with E-state index in [9.17, 15) is 13.2 Å². The number of aromatic nitrogens is 3. The molecule has 2 aromatic heterocycles. The summed E-state index contributed by atoms with van der Waals surface area (Å²) in [6.07, 6.45) is -4.50. The van der Waals surface area contributed by atoms with Crippen molar-refractivity contribution >= 4 is 16.9 Å². The normalized spacial score (nSPS) is 11.6. The molecule has 0 saturated heterocycles. The third kappa shape index (κ3) is 3.37. The molecule has 0 aliphatic rings. The molecular weight excluding hydrogens is 349 g/mol. The van der Waals surface area contributed by atoms with Crippen molar-refractivity contribution in [3.63, 3.8) is 0 Å². The molecule has 138 valence electrons. The third-order valence-corrected chi connectivity index (χ3v) is 3.87. The number of alkyl halides is 3. The molecule has 0 amide bonds. The van der Waals surface area contributed by atoms with Gasteiger partial charge in [-0.05, 0) is 30.7 Å². The lowest BCUT2D eigenvalue weighted by Crippen LogP contribution is -2.08. The molecule has 2 N–H and O–H groups in total. The number of hydrogen-bond acceptors (Lipinski definition) is 5. The van der Waals surface area contributed by atoms with Crippen LogP contribution in [-0.4, -0.2) is 29.4 Å². The molecule has 0 saturated carbocycles. The summed E-state index contributed by atoms with van der Waals surface area (Å²) >= 11 is 0.